The average molecular weight is 244 g/mol. The van der Waals surface area contributed by atoms with Crippen LogP contribution in [0, 0.1) is 5.82 Å². The topological polar surface area (TPSA) is 26.3 Å². The number of Topliss-reactive ketones (excluding diaryl/α,β-unsaturated/α-hetero) is 1. The fourth-order valence-corrected chi connectivity index (χ4v) is 1.56. The Morgan fingerprint density at radius 2 is 1.67 bits per heavy atom. The molecule has 2 aromatic rings. The molecule has 0 aliphatic heterocycles. The van der Waals surface area contributed by atoms with Gasteiger partial charge in [0.15, 0.2) is 5.78 Å². The van der Waals surface area contributed by atoms with Gasteiger partial charge in [-0.25, -0.2) is 4.39 Å². The summed E-state index contributed by atoms with van der Waals surface area (Å²) in [6.45, 7) is 0.0292. The van der Waals surface area contributed by atoms with Gasteiger partial charge in [0, 0.05) is 6.42 Å². The molecule has 2 aromatic carbocycles. The number of benzene rings is 2. The Labute approximate surface area is 105 Å². The minimum Gasteiger partial charge on any atom is -0.486 e. The van der Waals surface area contributed by atoms with Crippen molar-refractivity contribution in [3.05, 3.63) is 66.0 Å². The summed E-state index contributed by atoms with van der Waals surface area (Å²) in [5.74, 6) is 0.335. The summed E-state index contributed by atoms with van der Waals surface area (Å²) in [6.07, 6.45) is 0.257. The summed E-state index contributed by atoms with van der Waals surface area (Å²) in [5, 5.41) is 0. The minimum absolute atomic E-state index is 0.0292. The van der Waals surface area contributed by atoms with E-state index in [-0.39, 0.29) is 24.6 Å². The lowest BCUT2D eigenvalue weighted by atomic mass is 10.1. The van der Waals surface area contributed by atoms with E-state index in [1.807, 2.05) is 18.2 Å². The van der Waals surface area contributed by atoms with Gasteiger partial charge in [0.05, 0.1) is 0 Å². The highest BCUT2D eigenvalue weighted by molar-refractivity contribution is 5.82. The summed E-state index contributed by atoms with van der Waals surface area (Å²) in [6, 6.07) is 15.1. The van der Waals surface area contributed by atoms with Gasteiger partial charge in [0.25, 0.3) is 0 Å². The number of rotatable bonds is 5. The van der Waals surface area contributed by atoms with Crippen molar-refractivity contribution in [2.24, 2.45) is 0 Å². The van der Waals surface area contributed by atoms with Crippen molar-refractivity contribution in [3.8, 4) is 5.75 Å². The first-order chi connectivity index (χ1) is 8.74. The number of hydrogen-bond donors (Lipinski definition) is 0. The van der Waals surface area contributed by atoms with Crippen LogP contribution in [-0.4, -0.2) is 12.4 Å². The molecule has 2 rings (SSSR count). The molecule has 3 heteroatoms. The zero-order valence-corrected chi connectivity index (χ0v) is 9.80. The second kappa shape index (κ2) is 5.96. The van der Waals surface area contributed by atoms with Crippen molar-refractivity contribution < 1.29 is 13.9 Å². The van der Waals surface area contributed by atoms with Crippen molar-refractivity contribution in [2.45, 2.75) is 6.42 Å². The monoisotopic (exact) mass is 244 g/mol. The first-order valence-corrected chi connectivity index (χ1v) is 5.68. The number of ketones is 1. The minimum atomic E-state index is -0.299. The zero-order chi connectivity index (χ0) is 12.8. The van der Waals surface area contributed by atoms with Gasteiger partial charge in [-0.1, -0.05) is 30.3 Å². The zero-order valence-electron chi connectivity index (χ0n) is 9.80. The molecule has 0 heterocycles. The van der Waals surface area contributed by atoms with E-state index in [4.69, 9.17) is 4.74 Å². The predicted molar refractivity (Wildman–Crippen MR) is 67.0 cm³/mol. The quantitative estimate of drug-likeness (QED) is 0.808. The van der Waals surface area contributed by atoms with Crippen molar-refractivity contribution in [3.63, 3.8) is 0 Å². The van der Waals surface area contributed by atoms with E-state index in [1.165, 1.54) is 12.1 Å². The molecular weight excluding hydrogens is 231 g/mol. The molecule has 0 fully saturated rings. The van der Waals surface area contributed by atoms with Crippen LogP contribution in [0.1, 0.15) is 5.56 Å². The summed E-state index contributed by atoms with van der Waals surface area (Å²) < 4.78 is 18.0. The van der Waals surface area contributed by atoms with E-state index in [9.17, 15) is 9.18 Å². The fourth-order valence-electron chi connectivity index (χ4n) is 1.56. The van der Waals surface area contributed by atoms with Gasteiger partial charge in [-0.05, 0) is 29.8 Å². The molecule has 18 heavy (non-hydrogen) atoms. The lowest BCUT2D eigenvalue weighted by molar-refractivity contribution is -0.120. The second-order valence-corrected chi connectivity index (χ2v) is 3.94. The summed E-state index contributed by atoms with van der Waals surface area (Å²) in [5.41, 5.74) is 0.790. The van der Waals surface area contributed by atoms with E-state index in [2.05, 4.69) is 0 Å². The fraction of sp³-hybridized carbons (Fsp3) is 0.133. The highest BCUT2D eigenvalue weighted by atomic mass is 19.1. The SMILES string of the molecule is O=C(COc1ccccc1)Cc1ccc(F)cc1. The average Bonchev–Trinajstić information content (AvgIpc) is 2.40. The third-order valence-electron chi connectivity index (χ3n) is 2.46. The molecule has 0 N–H and O–H groups in total. The van der Waals surface area contributed by atoms with Crippen molar-refractivity contribution in [2.75, 3.05) is 6.61 Å². The van der Waals surface area contributed by atoms with Gasteiger partial charge < -0.3 is 4.74 Å². The van der Waals surface area contributed by atoms with Crippen LogP contribution in [0.15, 0.2) is 54.6 Å². The van der Waals surface area contributed by atoms with E-state index in [1.54, 1.807) is 24.3 Å². The molecule has 0 bridgehead atoms. The lowest BCUT2D eigenvalue weighted by Gasteiger charge is -2.05. The third-order valence-corrected chi connectivity index (χ3v) is 2.46. The van der Waals surface area contributed by atoms with Gasteiger partial charge >= 0.3 is 0 Å². The molecule has 0 aromatic heterocycles. The molecule has 0 saturated heterocycles. The molecule has 2 nitrogen and oxygen atoms in total. The number of carbonyl (C=O) groups is 1. The van der Waals surface area contributed by atoms with E-state index in [0.29, 0.717) is 5.75 Å². The number of hydrogen-bond acceptors (Lipinski definition) is 2. The predicted octanol–water partition coefficient (Wildman–Crippen LogP) is 3.02. The van der Waals surface area contributed by atoms with Crippen LogP contribution in [0.3, 0.4) is 0 Å². The van der Waals surface area contributed by atoms with E-state index in [0.717, 1.165) is 5.56 Å². The summed E-state index contributed by atoms with van der Waals surface area (Å²) in [4.78, 5) is 11.7. The van der Waals surface area contributed by atoms with Gasteiger partial charge in [0.1, 0.15) is 18.2 Å². The maximum Gasteiger partial charge on any atom is 0.174 e. The maximum atomic E-state index is 12.7. The van der Waals surface area contributed by atoms with Crippen LogP contribution in [0.4, 0.5) is 4.39 Å². The smallest absolute Gasteiger partial charge is 0.174 e. The Kier molecular flexibility index (Phi) is 4.07. The molecule has 0 radical (unpaired) electrons. The molecule has 0 amide bonds. The van der Waals surface area contributed by atoms with Crippen LogP contribution in [0.5, 0.6) is 5.75 Å². The number of carbonyl (C=O) groups excluding carboxylic acids is 1. The largest absolute Gasteiger partial charge is 0.486 e. The number of halogens is 1. The normalized spacial score (nSPS) is 10.1. The van der Waals surface area contributed by atoms with Crippen LogP contribution in [0.25, 0.3) is 0 Å². The highest BCUT2D eigenvalue weighted by Crippen LogP contribution is 2.09. The van der Waals surface area contributed by atoms with Crippen LogP contribution in [0.2, 0.25) is 0 Å². The lowest BCUT2D eigenvalue weighted by Crippen LogP contribution is -2.13. The first kappa shape index (κ1) is 12.3. The molecule has 0 aliphatic carbocycles. The molecule has 0 aliphatic rings. The number of para-hydroxylation sites is 1. The van der Waals surface area contributed by atoms with Crippen LogP contribution in [-0.2, 0) is 11.2 Å². The summed E-state index contributed by atoms with van der Waals surface area (Å²) in [7, 11) is 0. The van der Waals surface area contributed by atoms with Crippen molar-refractivity contribution >= 4 is 5.78 Å². The second-order valence-electron chi connectivity index (χ2n) is 3.94. The van der Waals surface area contributed by atoms with E-state index < -0.39 is 0 Å². The van der Waals surface area contributed by atoms with Gasteiger partial charge in [-0.3, -0.25) is 4.79 Å². The summed E-state index contributed by atoms with van der Waals surface area (Å²) >= 11 is 0. The first-order valence-electron chi connectivity index (χ1n) is 5.68. The molecule has 0 atom stereocenters. The molecule has 0 unspecified atom stereocenters. The molecule has 92 valence electrons. The molecule has 0 saturated carbocycles. The Morgan fingerprint density at radius 3 is 2.33 bits per heavy atom. The van der Waals surface area contributed by atoms with Crippen molar-refractivity contribution in [1.29, 1.82) is 0 Å². The Hall–Kier alpha value is -2.16. The molecular formula is C15H13FO2. The van der Waals surface area contributed by atoms with Gasteiger partial charge in [-0.15, -0.1) is 0 Å². The van der Waals surface area contributed by atoms with Crippen LogP contribution >= 0.6 is 0 Å². The highest BCUT2D eigenvalue weighted by Gasteiger charge is 2.05. The Bertz CT molecular complexity index is 506. The van der Waals surface area contributed by atoms with Gasteiger partial charge in [0.2, 0.25) is 0 Å². The Balaban J connectivity index is 1.84. The van der Waals surface area contributed by atoms with Gasteiger partial charge in [-0.2, -0.15) is 0 Å². The maximum absolute atomic E-state index is 12.7. The van der Waals surface area contributed by atoms with Crippen LogP contribution < -0.4 is 4.74 Å². The molecule has 0 spiro atoms. The Morgan fingerprint density at radius 1 is 1.00 bits per heavy atom. The van der Waals surface area contributed by atoms with E-state index >= 15 is 0 Å². The van der Waals surface area contributed by atoms with Crippen molar-refractivity contribution in [1.82, 2.24) is 0 Å². The third kappa shape index (κ3) is 3.70. The number of ether oxygens (including phenoxy) is 1. The standard InChI is InChI=1S/C15H13FO2/c16-13-8-6-12(7-9-13)10-14(17)11-18-15-4-2-1-3-5-15/h1-9H,10-11H2.